The van der Waals surface area contributed by atoms with Gasteiger partial charge in [-0.25, -0.2) is 0 Å². The molecule has 1 fully saturated rings. The Balaban J connectivity index is 0.000000481. The number of hydrogen-bond acceptors (Lipinski definition) is 12. The Bertz CT molecular complexity index is 391. The van der Waals surface area contributed by atoms with Gasteiger partial charge in [-0.05, 0) is 14.1 Å². The molecule has 12 nitrogen and oxygen atoms in total. The molecule has 1 aliphatic heterocycles. The molecule has 0 amide bonds. The zero-order chi connectivity index (χ0) is 20.4. The molecule has 12 heteroatoms. The standard InChI is InChI=1S/2C7H15NO5/c1-8-4-6(11)5(10)3(2-9)13-7(4)12;1-8-4(2-9)6(12)7(13)5(11)3-10/h3-12H,2H2,1H3;2,4-8,10-13H,3H2,1H3/t3-,4-,5-,6-,7?;4-,5+,6+,7+/m10/s1. The molecule has 0 aromatic rings. The topological polar surface area (TPSA) is 212 Å². The number of likely N-dealkylation sites (N-methyl/N-ethyl adjacent to an activating group) is 2. The van der Waals surface area contributed by atoms with Crippen LogP contribution in [-0.4, -0.2) is 129 Å². The molecule has 0 radical (unpaired) electrons. The summed E-state index contributed by atoms with van der Waals surface area (Å²) < 4.78 is 4.85. The van der Waals surface area contributed by atoms with Gasteiger partial charge in [0.2, 0.25) is 0 Å². The number of carbonyl (C=O) groups excluding carboxylic acids is 1. The molecular weight excluding hydrogens is 356 g/mol. The molecule has 10 N–H and O–H groups in total. The Morgan fingerprint density at radius 1 is 1.04 bits per heavy atom. The first-order chi connectivity index (χ1) is 12.2. The smallest absolute Gasteiger partial charge is 0.173 e. The summed E-state index contributed by atoms with van der Waals surface area (Å²) in [5.41, 5.74) is 0. The van der Waals surface area contributed by atoms with Gasteiger partial charge in [-0.3, -0.25) is 0 Å². The predicted molar refractivity (Wildman–Crippen MR) is 86.8 cm³/mol. The highest BCUT2D eigenvalue weighted by molar-refractivity contribution is 5.58. The third-order valence-electron chi connectivity index (χ3n) is 4.01. The van der Waals surface area contributed by atoms with Crippen molar-refractivity contribution in [3.05, 3.63) is 0 Å². The highest BCUT2D eigenvalue weighted by Gasteiger charge is 2.42. The summed E-state index contributed by atoms with van der Waals surface area (Å²) in [6.07, 6.45) is -8.52. The highest BCUT2D eigenvalue weighted by Crippen LogP contribution is 2.19. The SMILES string of the molecule is CN[C@@H](C=O)[C@@H](O)[C@H](O)[C@H](O)CO.CN[C@H]1C(O)O[C@H](CO)[C@@H](O)[C@@H]1O. The van der Waals surface area contributed by atoms with Crippen molar-refractivity contribution in [2.24, 2.45) is 0 Å². The molecule has 0 aromatic carbocycles. The molecular formula is C14H30N2O10. The second-order valence-electron chi connectivity index (χ2n) is 5.72. The van der Waals surface area contributed by atoms with Crippen LogP contribution in [0.1, 0.15) is 0 Å². The number of hydrogen-bond donors (Lipinski definition) is 10. The summed E-state index contributed by atoms with van der Waals surface area (Å²) >= 11 is 0. The van der Waals surface area contributed by atoms with Crippen LogP contribution in [0.3, 0.4) is 0 Å². The summed E-state index contributed by atoms with van der Waals surface area (Å²) in [5.74, 6) is 0. The lowest BCUT2D eigenvalue weighted by molar-refractivity contribution is -0.253. The average molecular weight is 386 g/mol. The van der Waals surface area contributed by atoms with Gasteiger partial charge in [-0.15, -0.1) is 0 Å². The lowest BCUT2D eigenvalue weighted by atomic mass is 9.97. The molecule has 0 bridgehead atoms. The lowest BCUT2D eigenvalue weighted by Crippen LogP contribution is -2.62. The van der Waals surface area contributed by atoms with Crippen molar-refractivity contribution in [2.75, 3.05) is 27.3 Å². The molecule has 1 heterocycles. The van der Waals surface area contributed by atoms with Gasteiger partial charge in [0.15, 0.2) is 6.29 Å². The minimum Gasteiger partial charge on any atom is -0.394 e. The maximum atomic E-state index is 10.3. The van der Waals surface area contributed by atoms with Gasteiger partial charge in [0.1, 0.15) is 42.9 Å². The van der Waals surface area contributed by atoms with Crippen molar-refractivity contribution in [3.63, 3.8) is 0 Å². The third-order valence-corrected chi connectivity index (χ3v) is 4.01. The quantitative estimate of drug-likeness (QED) is 0.177. The van der Waals surface area contributed by atoms with Crippen LogP contribution in [0.2, 0.25) is 0 Å². The van der Waals surface area contributed by atoms with Crippen molar-refractivity contribution in [1.29, 1.82) is 0 Å². The molecule has 0 aliphatic carbocycles. The Morgan fingerprint density at radius 3 is 2.00 bits per heavy atom. The first-order valence-electron chi connectivity index (χ1n) is 7.95. The van der Waals surface area contributed by atoms with Gasteiger partial charge in [-0.1, -0.05) is 0 Å². The second-order valence-corrected chi connectivity index (χ2v) is 5.72. The first-order valence-corrected chi connectivity index (χ1v) is 7.95. The van der Waals surface area contributed by atoms with E-state index in [9.17, 15) is 25.2 Å². The molecule has 156 valence electrons. The van der Waals surface area contributed by atoms with Gasteiger partial charge < -0.3 is 61.0 Å². The monoisotopic (exact) mass is 386 g/mol. The van der Waals surface area contributed by atoms with Crippen LogP contribution in [0.5, 0.6) is 0 Å². The molecule has 1 unspecified atom stereocenters. The maximum Gasteiger partial charge on any atom is 0.173 e. The van der Waals surface area contributed by atoms with E-state index in [0.29, 0.717) is 6.29 Å². The van der Waals surface area contributed by atoms with E-state index in [1.807, 2.05) is 0 Å². The van der Waals surface area contributed by atoms with Crippen LogP contribution in [0.4, 0.5) is 0 Å². The van der Waals surface area contributed by atoms with Crippen molar-refractivity contribution < 1.29 is 50.4 Å². The Kier molecular flexibility index (Phi) is 12.2. The Morgan fingerprint density at radius 2 is 1.62 bits per heavy atom. The summed E-state index contributed by atoms with van der Waals surface area (Å²) in [4.78, 5) is 10.3. The van der Waals surface area contributed by atoms with E-state index < -0.39 is 68.2 Å². The van der Waals surface area contributed by atoms with Crippen LogP contribution in [0.15, 0.2) is 0 Å². The number of aliphatic hydroxyl groups excluding tert-OH is 8. The van der Waals surface area contributed by atoms with E-state index in [-0.39, 0.29) is 0 Å². The number of aliphatic hydroxyl groups is 8. The van der Waals surface area contributed by atoms with E-state index in [0.717, 1.165) is 0 Å². The average Bonchev–Trinajstić information content (AvgIpc) is 2.65. The lowest BCUT2D eigenvalue weighted by Gasteiger charge is -2.39. The summed E-state index contributed by atoms with van der Waals surface area (Å²) in [7, 11) is 2.97. The summed E-state index contributed by atoms with van der Waals surface area (Å²) in [5, 5.41) is 77.7. The minimum absolute atomic E-state index is 0.415. The fraction of sp³-hybridized carbons (Fsp3) is 0.929. The second kappa shape index (κ2) is 12.6. The zero-order valence-electron chi connectivity index (χ0n) is 14.6. The third kappa shape index (κ3) is 6.75. The van der Waals surface area contributed by atoms with Gasteiger partial charge in [0, 0.05) is 0 Å². The molecule has 26 heavy (non-hydrogen) atoms. The molecule has 0 saturated carbocycles. The highest BCUT2D eigenvalue weighted by atomic mass is 16.6. The fourth-order valence-corrected chi connectivity index (χ4v) is 2.28. The molecule has 1 rings (SSSR count). The van der Waals surface area contributed by atoms with Crippen LogP contribution < -0.4 is 10.6 Å². The molecule has 0 aromatic heterocycles. The summed E-state index contributed by atoms with van der Waals surface area (Å²) in [6, 6.07) is -1.70. The van der Waals surface area contributed by atoms with E-state index in [1.165, 1.54) is 14.1 Å². The largest absolute Gasteiger partial charge is 0.394 e. The number of nitrogens with one attached hydrogen (secondary N) is 2. The van der Waals surface area contributed by atoms with Gasteiger partial charge in [0.05, 0.1) is 25.3 Å². The first kappa shape index (κ1) is 25.2. The molecule has 1 saturated heterocycles. The number of ether oxygens (including phenoxy) is 1. The predicted octanol–water partition coefficient (Wildman–Crippen LogP) is -6.15. The molecule has 0 spiro atoms. The number of rotatable bonds is 8. The van der Waals surface area contributed by atoms with Crippen molar-refractivity contribution in [1.82, 2.24) is 10.6 Å². The van der Waals surface area contributed by atoms with Crippen LogP contribution in [0, 0.1) is 0 Å². The Hall–Kier alpha value is -0.770. The minimum atomic E-state index is -1.55. The maximum absolute atomic E-state index is 10.3. The summed E-state index contributed by atoms with van der Waals surface area (Å²) in [6.45, 7) is -1.11. The normalized spacial score (nSPS) is 33.4. The number of carbonyl (C=O) groups is 1. The zero-order valence-corrected chi connectivity index (χ0v) is 14.6. The fourth-order valence-electron chi connectivity index (χ4n) is 2.28. The van der Waals surface area contributed by atoms with E-state index >= 15 is 0 Å². The van der Waals surface area contributed by atoms with E-state index in [2.05, 4.69) is 10.6 Å². The molecule has 1 aliphatic rings. The molecule has 9 atom stereocenters. The van der Waals surface area contributed by atoms with Crippen LogP contribution >= 0.6 is 0 Å². The van der Waals surface area contributed by atoms with Crippen molar-refractivity contribution in [3.8, 4) is 0 Å². The van der Waals surface area contributed by atoms with Gasteiger partial charge >= 0.3 is 0 Å². The van der Waals surface area contributed by atoms with Gasteiger partial charge in [0.25, 0.3) is 0 Å². The van der Waals surface area contributed by atoms with Gasteiger partial charge in [-0.2, -0.15) is 0 Å². The van der Waals surface area contributed by atoms with E-state index in [4.69, 9.17) is 25.2 Å². The van der Waals surface area contributed by atoms with Crippen molar-refractivity contribution >= 4 is 6.29 Å². The Labute approximate surface area is 150 Å². The number of aldehydes is 1. The van der Waals surface area contributed by atoms with E-state index in [1.54, 1.807) is 0 Å². The van der Waals surface area contributed by atoms with Crippen LogP contribution in [0.25, 0.3) is 0 Å². The van der Waals surface area contributed by atoms with Crippen LogP contribution in [-0.2, 0) is 9.53 Å². The van der Waals surface area contributed by atoms with Crippen molar-refractivity contribution in [2.45, 2.75) is 55.0 Å².